The first-order valence-electron chi connectivity index (χ1n) is 9.22. The maximum atomic E-state index is 5.35. The maximum Gasteiger partial charge on any atom is 0.137 e. The molecule has 3 unspecified atom stereocenters. The van der Waals surface area contributed by atoms with Crippen LogP contribution in [0.1, 0.15) is 54.8 Å². The van der Waals surface area contributed by atoms with E-state index in [0.29, 0.717) is 17.3 Å². The number of hydrogen-bond donors (Lipinski definition) is 0. The third kappa shape index (κ3) is 3.45. The van der Waals surface area contributed by atoms with Gasteiger partial charge < -0.3 is 13.7 Å². The molecule has 3 aromatic rings. The first kappa shape index (κ1) is 17.4. The van der Waals surface area contributed by atoms with E-state index >= 15 is 0 Å². The molecule has 0 bridgehead atoms. The lowest BCUT2D eigenvalue weighted by Gasteiger charge is -2.33. The van der Waals surface area contributed by atoms with E-state index in [1.807, 2.05) is 50.7 Å². The van der Waals surface area contributed by atoms with Gasteiger partial charge in [-0.15, -0.1) is 0 Å². The highest BCUT2D eigenvalue weighted by Crippen LogP contribution is 2.43. The van der Waals surface area contributed by atoms with Crippen LogP contribution in [0.2, 0.25) is 0 Å². The Balaban J connectivity index is 1.62. The van der Waals surface area contributed by atoms with Crippen LogP contribution < -0.4 is 0 Å². The van der Waals surface area contributed by atoms with Crippen molar-refractivity contribution in [3.8, 4) is 0 Å². The third-order valence-electron chi connectivity index (χ3n) is 5.41. The smallest absolute Gasteiger partial charge is 0.137 e. The fraction of sp³-hybridized carbons (Fsp3) is 0.526. The molecule has 0 spiro atoms. The molecule has 26 heavy (non-hydrogen) atoms. The van der Waals surface area contributed by atoms with Gasteiger partial charge in [0.2, 0.25) is 0 Å². The highest BCUT2D eigenvalue weighted by Gasteiger charge is 2.34. The predicted octanol–water partition coefficient (Wildman–Crippen LogP) is 4.34. The second kappa shape index (κ2) is 7.70. The van der Waals surface area contributed by atoms with Crippen LogP contribution in [0.15, 0.2) is 42.0 Å². The summed E-state index contributed by atoms with van der Waals surface area (Å²) in [5.41, 5.74) is 2.25. The third-order valence-corrected chi connectivity index (χ3v) is 6.81. The minimum absolute atomic E-state index is 0.361. The first-order chi connectivity index (χ1) is 12.7. The van der Waals surface area contributed by atoms with E-state index in [2.05, 4.69) is 36.7 Å². The molecule has 1 aliphatic rings. The lowest BCUT2D eigenvalue weighted by molar-refractivity contribution is 0.313. The van der Waals surface area contributed by atoms with Crippen molar-refractivity contribution in [2.75, 3.05) is 0 Å². The van der Waals surface area contributed by atoms with Gasteiger partial charge in [0.05, 0.1) is 30.4 Å². The quantitative estimate of drug-likeness (QED) is 0.624. The average molecular weight is 372 g/mol. The van der Waals surface area contributed by atoms with Crippen LogP contribution in [-0.4, -0.2) is 29.5 Å². The highest BCUT2D eigenvalue weighted by molar-refractivity contribution is 7.99. The molecule has 0 radical (unpaired) electrons. The van der Waals surface area contributed by atoms with Gasteiger partial charge in [-0.25, -0.2) is 9.97 Å². The number of aryl methyl sites for hydroxylation is 2. The fourth-order valence-electron chi connectivity index (χ4n) is 4.00. The van der Waals surface area contributed by atoms with E-state index in [1.165, 1.54) is 31.2 Å². The fourth-order valence-corrected chi connectivity index (χ4v) is 5.64. The van der Waals surface area contributed by atoms with E-state index in [1.54, 1.807) is 0 Å². The monoisotopic (exact) mass is 371 g/mol. The summed E-state index contributed by atoms with van der Waals surface area (Å²) in [5.74, 6) is 1.88. The van der Waals surface area contributed by atoms with Crippen LogP contribution in [0.5, 0.6) is 0 Å². The highest BCUT2D eigenvalue weighted by atomic mass is 32.2. The molecule has 0 N–H and O–H groups in total. The number of aromatic nitrogens is 5. The van der Waals surface area contributed by atoms with Crippen molar-refractivity contribution in [2.24, 2.45) is 0 Å². The molecular weight excluding hydrogens is 346 g/mol. The summed E-state index contributed by atoms with van der Waals surface area (Å²) in [5, 5.41) is 4.61. The van der Waals surface area contributed by atoms with Crippen LogP contribution in [0, 0.1) is 13.8 Å². The molecule has 3 atom stereocenters. The van der Waals surface area contributed by atoms with Crippen molar-refractivity contribution in [3.05, 3.63) is 54.5 Å². The maximum absolute atomic E-state index is 5.35. The van der Waals surface area contributed by atoms with Gasteiger partial charge in [-0.1, -0.05) is 18.0 Å². The van der Waals surface area contributed by atoms with Gasteiger partial charge >= 0.3 is 0 Å². The van der Waals surface area contributed by atoms with E-state index in [4.69, 9.17) is 4.52 Å². The van der Waals surface area contributed by atoms with Gasteiger partial charge in [-0.05, 0) is 26.7 Å². The van der Waals surface area contributed by atoms with Crippen molar-refractivity contribution in [1.82, 2.24) is 24.3 Å². The zero-order valence-corrected chi connectivity index (χ0v) is 16.1. The number of nitrogens with zero attached hydrogens (tertiary/aromatic N) is 5. The number of thioether (sulfide) groups is 1. The Bertz CT molecular complexity index is 792. The minimum atomic E-state index is 0.361. The van der Waals surface area contributed by atoms with Crippen molar-refractivity contribution in [3.63, 3.8) is 0 Å². The van der Waals surface area contributed by atoms with Crippen LogP contribution in [0.25, 0.3) is 0 Å². The lowest BCUT2D eigenvalue weighted by Crippen LogP contribution is -2.29. The molecule has 0 amide bonds. The van der Waals surface area contributed by atoms with Gasteiger partial charge in [0, 0.05) is 41.4 Å². The molecule has 6 nitrogen and oxygen atoms in total. The Hall–Kier alpha value is -2.02. The number of imidazole rings is 2. The summed E-state index contributed by atoms with van der Waals surface area (Å²) in [6.07, 6.45) is 16.8. The molecule has 0 aromatic carbocycles. The minimum Gasteiger partial charge on any atom is -0.361 e. The molecule has 1 fully saturated rings. The lowest BCUT2D eigenvalue weighted by atomic mass is 10.0. The molecule has 7 heteroatoms. The Kier molecular flexibility index (Phi) is 5.15. The molecular formula is C19H25N5OS. The number of hydrogen-bond acceptors (Lipinski definition) is 5. The summed E-state index contributed by atoms with van der Waals surface area (Å²) in [4.78, 5) is 8.61. The summed E-state index contributed by atoms with van der Waals surface area (Å²) < 4.78 is 9.92. The van der Waals surface area contributed by atoms with Crippen molar-refractivity contribution in [1.29, 1.82) is 0 Å². The molecule has 4 rings (SSSR count). The van der Waals surface area contributed by atoms with E-state index in [-0.39, 0.29) is 0 Å². The normalized spacial score (nSPS) is 23.8. The molecule has 3 aromatic heterocycles. The van der Waals surface area contributed by atoms with Gasteiger partial charge in [-0.2, -0.15) is 11.8 Å². The Morgan fingerprint density at radius 1 is 1.08 bits per heavy atom. The first-order valence-corrected chi connectivity index (χ1v) is 10.3. The second-order valence-corrected chi connectivity index (χ2v) is 8.24. The second-order valence-electron chi connectivity index (χ2n) is 7.01. The summed E-state index contributed by atoms with van der Waals surface area (Å²) in [6, 6.07) is 0.760. The zero-order valence-electron chi connectivity index (χ0n) is 15.3. The van der Waals surface area contributed by atoms with E-state index in [9.17, 15) is 0 Å². The van der Waals surface area contributed by atoms with Crippen LogP contribution in [0.4, 0.5) is 0 Å². The topological polar surface area (TPSA) is 61.7 Å². The molecule has 0 saturated heterocycles. The largest absolute Gasteiger partial charge is 0.361 e. The molecule has 1 saturated carbocycles. The van der Waals surface area contributed by atoms with Crippen LogP contribution in [0.3, 0.4) is 0 Å². The van der Waals surface area contributed by atoms with Crippen molar-refractivity contribution < 1.29 is 4.52 Å². The van der Waals surface area contributed by atoms with Gasteiger partial charge in [-0.3, -0.25) is 0 Å². The standard InChI is InChI=1S/C19H25N5OS/c1-14-16(15(2)25-22-14)11-26-18-6-4-3-5-17(23-9-7-20-12-23)19(18)24-10-8-21-13-24/h7-10,12-13,17-19H,3-6,11H2,1-2H3. The Labute approximate surface area is 158 Å². The SMILES string of the molecule is Cc1noc(C)c1CSC1CCCCC(n2ccnc2)C1n1ccnc1. The van der Waals surface area contributed by atoms with Crippen LogP contribution >= 0.6 is 11.8 Å². The predicted molar refractivity (Wildman–Crippen MR) is 102 cm³/mol. The van der Waals surface area contributed by atoms with Crippen molar-refractivity contribution >= 4 is 11.8 Å². The van der Waals surface area contributed by atoms with Crippen molar-refractivity contribution in [2.45, 2.75) is 62.6 Å². The van der Waals surface area contributed by atoms with E-state index < -0.39 is 0 Å². The average Bonchev–Trinajstić information content (AvgIpc) is 3.37. The summed E-state index contributed by atoms with van der Waals surface area (Å²) >= 11 is 2.02. The van der Waals surface area contributed by atoms with Gasteiger partial charge in [0.15, 0.2) is 0 Å². The Morgan fingerprint density at radius 3 is 2.46 bits per heavy atom. The molecule has 1 aliphatic carbocycles. The van der Waals surface area contributed by atoms with Gasteiger partial charge in [0.25, 0.3) is 0 Å². The summed E-state index contributed by atoms with van der Waals surface area (Å²) in [6.45, 7) is 4.03. The number of rotatable bonds is 5. The zero-order chi connectivity index (χ0) is 17.9. The van der Waals surface area contributed by atoms with Crippen LogP contribution in [-0.2, 0) is 5.75 Å². The molecule has 0 aliphatic heterocycles. The Morgan fingerprint density at radius 2 is 1.81 bits per heavy atom. The molecule has 3 heterocycles. The van der Waals surface area contributed by atoms with E-state index in [0.717, 1.165) is 17.2 Å². The molecule has 138 valence electrons. The summed E-state index contributed by atoms with van der Waals surface area (Å²) in [7, 11) is 0. The van der Waals surface area contributed by atoms with Gasteiger partial charge in [0.1, 0.15) is 5.76 Å².